The monoisotopic (exact) mass is 445 g/mol. The molecule has 0 amide bonds. The molecule has 134 valence electrons. The largest absolute Gasteiger partial charge is 0.356 e. The SMILES string of the molecule is CN=C(NCCCn1ccnc1)NCCCn1nc(C)cc1C.I. The van der Waals surface area contributed by atoms with Crippen molar-refractivity contribution in [3.8, 4) is 0 Å². The first kappa shape index (κ1) is 20.5. The molecule has 0 saturated carbocycles. The van der Waals surface area contributed by atoms with Crippen LogP contribution in [0, 0.1) is 13.8 Å². The van der Waals surface area contributed by atoms with Crippen LogP contribution in [0.3, 0.4) is 0 Å². The maximum atomic E-state index is 4.47. The molecule has 8 heteroatoms. The first-order valence-corrected chi connectivity index (χ1v) is 8.10. The van der Waals surface area contributed by atoms with E-state index in [1.165, 1.54) is 5.69 Å². The Balaban J connectivity index is 0.00000288. The summed E-state index contributed by atoms with van der Waals surface area (Å²) in [6.07, 6.45) is 7.66. The van der Waals surface area contributed by atoms with Crippen molar-refractivity contribution in [1.29, 1.82) is 0 Å². The fraction of sp³-hybridized carbons (Fsp3) is 0.562. The molecule has 2 N–H and O–H groups in total. The number of imidazole rings is 1. The van der Waals surface area contributed by atoms with Crippen molar-refractivity contribution in [2.45, 2.75) is 39.8 Å². The second-order valence-electron chi connectivity index (χ2n) is 5.58. The second kappa shape index (κ2) is 11.1. The molecule has 0 unspecified atom stereocenters. The van der Waals surface area contributed by atoms with Crippen molar-refractivity contribution < 1.29 is 0 Å². The van der Waals surface area contributed by atoms with Crippen LogP contribution in [0.2, 0.25) is 0 Å². The minimum atomic E-state index is 0. The summed E-state index contributed by atoms with van der Waals surface area (Å²) in [5.41, 5.74) is 2.29. The molecule has 0 fully saturated rings. The summed E-state index contributed by atoms with van der Waals surface area (Å²) >= 11 is 0. The zero-order valence-electron chi connectivity index (χ0n) is 14.7. The van der Waals surface area contributed by atoms with Crippen molar-refractivity contribution in [2.75, 3.05) is 20.1 Å². The molecule has 0 bridgehead atoms. The number of rotatable bonds is 8. The van der Waals surface area contributed by atoms with Gasteiger partial charge in [0.25, 0.3) is 0 Å². The number of aryl methyl sites for hydroxylation is 4. The van der Waals surface area contributed by atoms with Crippen LogP contribution in [0.25, 0.3) is 0 Å². The van der Waals surface area contributed by atoms with Crippen molar-refractivity contribution in [3.63, 3.8) is 0 Å². The summed E-state index contributed by atoms with van der Waals surface area (Å²) < 4.78 is 4.13. The highest BCUT2D eigenvalue weighted by molar-refractivity contribution is 14.0. The maximum absolute atomic E-state index is 4.47. The summed E-state index contributed by atoms with van der Waals surface area (Å²) in [6, 6.07) is 2.11. The summed E-state index contributed by atoms with van der Waals surface area (Å²) in [6.45, 7) is 7.76. The molecule has 2 heterocycles. The molecule has 2 aromatic heterocycles. The van der Waals surface area contributed by atoms with Gasteiger partial charge in [-0.2, -0.15) is 5.10 Å². The minimum Gasteiger partial charge on any atom is -0.356 e. The van der Waals surface area contributed by atoms with Crippen molar-refractivity contribution in [3.05, 3.63) is 36.2 Å². The van der Waals surface area contributed by atoms with Gasteiger partial charge in [0.15, 0.2) is 5.96 Å². The van der Waals surface area contributed by atoms with Gasteiger partial charge in [-0.15, -0.1) is 24.0 Å². The number of hydrogen-bond donors (Lipinski definition) is 2. The van der Waals surface area contributed by atoms with E-state index in [-0.39, 0.29) is 24.0 Å². The number of nitrogens with one attached hydrogen (secondary N) is 2. The van der Waals surface area contributed by atoms with Gasteiger partial charge in [-0.05, 0) is 32.8 Å². The third-order valence-electron chi connectivity index (χ3n) is 3.61. The molecule has 2 rings (SSSR count). The first-order chi connectivity index (χ1) is 11.2. The van der Waals surface area contributed by atoms with Crippen molar-refractivity contribution >= 4 is 29.9 Å². The van der Waals surface area contributed by atoms with Crippen LogP contribution in [-0.4, -0.2) is 45.4 Å². The highest BCUT2D eigenvalue weighted by atomic mass is 127. The molecule has 0 aliphatic rings. The Morgan fingerprint density at radius 2 is 1.88 bits per heavy atom. The quantitative estimate of drug-likeness (QED) is 0.282. The maximum Gasteiger partial charge on any atom is 0.190 e. The molecule has 0 spiro atoms. The lowest BCUT2D eigenvalue weighted by atomic mass is 10.4. The lowest BCUT2D eigenvalue weighted by molar-refractivity contribution is 0.554. The molecule has 0 atom stereocenters. The predicted octanol–water partition coefficient (Wildman–Crippen LogP) is 1.96. The van der Waals surface area contributed by atoms with E-state index < -0.39 is 0 Å². The fourth-order valence-corrected chi connectivity index (χ4v) is 2.44. The van der Waals surface area contributed by atoms with E-state index >= 15 is 0 Å². The molecule has 0 saturated heterocycles. The molecule has 0 aliphatic heterocycles. The van der Waals surface area contributed by atoms with E-state index in [4.69, 9.17) is 0 Å². The number of guanidine groups is 1. The lowest BCUT2D eigenvalue weighted by Gasteiger charge is -2.12. The van der Waals surface area contributed by atoms with Crippen LogP contribution < -0.4 is 10.6 Å². The topological polar surface area (TPSA) is 72.1 Å². The number of aromatic nitrogens is 4. The molecule has 0 aliphatic carbocycles. The number of nitrogens with zero attached hydrogens (tertiary/aromatic N) is 5. The van der Waals surface area contributed by atoms with Crippen LogP contribution in [0.5, 0.6) is 0 Å². The number of halogens is 1. The van der Waals surface area contributed by atoms with E-state index in [2.05, 4.69) is 47.9 Å². The first-order valence-electron chi connectivity index (χ1n) is 8.10. The molecule has 0 radical (unpaired) electrons. The fourth-order valence-electron chi connectivity index (χ4n) is 2.44. The van der Waals surface area contributed by atoms with Crippen molar-refractivity contribution in [2.24, 2.45) is 4.99 Å². The summed E-state index contributed by atoms with van der Waals surface area (Å²) in [7, 11) is 1.80. The normalized spacial score (nSPS) is 11.2. The van der Waals surface area contributed by atoms with Crippen LogP contribution in [0.4, 0.5) is 0 Å². The van der Waals surface area contributed by atoms with Crippen LogP contribution >= 0.6 is 24.0 Å². The Morgan fingerprint density at radius 1 is 1.17 bits per heavy atom. The average molecular weight is 445 g/mol. The summed E-state index contributed by atoms with van der Waals surface area (Å²) in [4.78, 5) is 8.28. The van der Waals surface area contributed by atoms with Crippen LogP contribution in [0.1, 0.15) is 24.2 Å². The Labute approximate surface area is 161 Å². The molecule has 7 nitrogen and oxygen atoms in total. The molecule has 0 aromatic carbocycles. The molecule has 2 aromatic rings. The molecular weight excluding hydrogens is 417 g/mol. The van der Waals surface area contributed by atoms with Gasteiger partial charge in [0.1, 0.15) is 0 Å². The Morgan fingerprint density at radius 3 is 2.42 bits per heavy atom. The average Bonchev–Trinajstić information content (AvgIpc) is 3.15. The van der Waals surface area contributed by atoms with Gasteiger partial charge in [-0.25, -0.2) is 4.98 Å². The smallest absolute Gasteiger partial charge is 0.190 e. The summed E-state index contributed by atoms with van der Waals surface area (Å²) in [5.74, 6) is 0.851. The number of aliphatic imine (C=N–C) groups is 1. The van der Waals surface area contributed by atoms with E-state index in [1.807, 2.05) is 19.4 Å². The van der Waals surface area contributed by atoms with E-state index in [1.54, 1.807) is 13.2 Å². The zero-order chi connectivity index (χ0) is 16.5. The Kier molecular flexibility index (Phi) is 9.43. The minimum absolute atomic E-state index is 0. The highest BCUT2D eigenvalue weighted by Gasteiger charge is 2.01. The van der Waals surface area contributed by atoms with E-state index in [9.17, 15) is 0 Å². The number of hydrogen-bond acceptors (Lipinski definition) is 3. The van der Waals surface area contributed by atoms with Gasteiger partial charge >= 0.3 is 0 Å². The van der Waals surface area contributed by atoms with E-state index in [0.717, 1.165) is 50.7 Å². The van der Waals surface area contributed by atoms with Gasteiger partial charge in [0.05, 0.1) is 12.0 Å². The second-order valence-corrected chi connectivity index (χ2v) is 5.58. The van der Waals surface area contributed by atoms with Gasteiger partial charge < -0.3 is 15.2 Å². The van der Waals surface area contributed by atoms with Crippen molar-refractivity contribution in [1.82, 2.24) is 30.0 Å². The summed E-state index contributed by atoms with van der Waals surface area (Å²) in [5, 5.41) is 11.1. The van der Waals surface area contributed by atoms with E-state index in [0.29, 0.717) is 0 Å². The third kappa shape index (κ3) is 6.90. The third-order valence-corrected chi connectivity index (χ3v) is 3.61. The van der Waals surface area contributed by atoms with Crippen LogP contribution in [0.15, 0.2) is 29.8 Å². The predicted molar refractivity (Wildman–Crippen MR) is 108 cm³/mol. The molecular formula is C16H28IN7. The van der Waals surface area contributed by atoms with Crippen LogP contribution in [-0.2, 0) is 13.1 Å². The Bertz CT molecular complexity index is 604. The van der Waals surface area contributed by atoms with Gasteiger partial charge in [0.2, 0.25) is 0 Å². The van der Waals surface area contributed by atoms with Gasteiger partial charge in [0, 0.05) is 51.3 Å². The zero-order valence-corrected chi connectivity index (χ0v) is 17.0. The standard InChI is InChI=1S/C16H27N7.HI/c1-14-12-15(2)23(21-14)10-5-7-20-16(17-3)19-6-4-9-22-11-8-18-13-22;/h8,11-13H,4-7,9-10H2,1-3H3,(H2,17,19,20);1H. The molecule has 24 heavy (non-hydrogen) atoms. The highest BCUT2D eigenvalue weighted by Crippen LogP contribution is 2.02. The van der Waals surface area contributed by atoms with Gasteiger partial charge in [-0.1, -0.05) is 0 Å². The Hall–Kier alpha value is -1.58. The van der Waals surface area contributed by atoms with Gasteiger partial charge in [-0.3, -0.25) is 9.67 Å². The lowest BCUT2D eigenvalue weighted by Crippen LogP contribution is -2.38.